The first kappa shape index (κ1) is 20.7. The number of anilines is 1. The van der Waals surface area contributed by atoms with Crippen LogP contribution in [0.3, 0.4) is 0 Å². The number of nitrogens with one attached hydrogen (secondary N) is 1. The first-order valence-corrected chi connectivity index (χ1v) is 9.64. The number of amides is 1. The second kappa shape index (κ2) is 9.08. The monoisotopic (exact) mass is 432 g/mol. The molecule has 0 aliphatic carbocycles. The summed E-state index contributed by atoms with van der Waals surface area (Å²) in [5.74, 6) is 0.251. The van der Waals surface area contributed by atoms with Gasteiger partial charge in [0.05, 0.1) is 11.9 Å². The van der Waals surface area contributed by atoms with E-state index >= 15 is 0 Å². The maximum atomic E-state index is 12.6. The average molecular weight is 432 g/mol. The average Bonchev–Trinajstić information content (AvgIpc) is 3.39. The molecule has 2 heterocycles. The fraction of sp³-hybridized carbons (Fsp3) is 0.143. The number of nitrogen functional groups attached to an aromatic ring is 1. The van der Waals surface area contributed by atoms with E-state index in [1.54, 1.807) is 6.92 Å². The van der Waals surface area contributed by atoms with Crippen molar-refractivity contribution >= 4 is 17.9 Å². The van der Waals surface area contributed by atoms with Gasteiger partial charge >= 0.3 is 0 Å². The van der Waals surface area contributed by atoms with Gasteiger partial charge in [0, 0.05) is 0 Å². The summed E-state index contributed by atoms with van der Waals surface area (Å²) in [6, 6.07) is 15.4. The smallest absolute Gasteiger partial charge is 0.292 e. The fourth-order valence-electron chi connectivity index (χ4n) is 2.91. The highest BCUT2D eigenvalue weighted by Gasteiger charge is 2.22. The number of hydrazone groups is 1. The number of aryl methyl sites for hydroxylation is 2. The van der Waals surface area contributed by atoms with Gasteiger partial charge in [-0.2, -0.15) is 9.78 Å². The minimum Gasteiger partial charge on any atom is -0.489 e. The zero-order valence-corrected chi connectivity index (χ0v) is 17.4. The van der Waals surface area contributed by atoms with Crippen LogP contribution < -0.4 is 15.9 Å². The summed E-state index contributed by atoms with van der Waals surface area (Å²) >= 11 is 0. The molecule has 1 amide bonds. The molecule has 0 aliphatic rings. The highest BCUT2D eigenvalue weighted by atomic mass is 16.6. The van der Waals surface area contributed by atoms with Crippen molar-refractivity contribution in [3.63, 3.8) is 0 Å². The Labute approximate surface area is 182 Å². The zero-order chi connectivity index (χ0) is 22.5. The van der Waals surface area contributed by atoms with E-state index in [4.69, 9.17) is 10.5 Å². The van der Waals surface area contributed by atoms with Crippen molar-refractivity contribution in [2.75, 3.05) is 5.73 Å². The van der Waals surface area contributed by atoms with Gasteiger partial charge in [0.15, 0.2) is 5.69 Å². The van der Waals surface area contributed by atoms with Gasteiger partial charge in [-0.25, -0.2) is 10.1 Å². The van der Waals surface area contributed by atoms with Crippen LogP contribution in [0.25, 0.3) is 5.82 Å². The summed E-state index contributed by atoms with van der Waals surface area (Å²) in [5, 5.41) is 18.8. The molecule has 0 spiro atoms. The molecule has 0 saturated heterocycles. The Morgan fingerprint density at radius 2 is 1.97 bits per heavy atom. The van der Waals surface area contributed by atoms with Crippen molar-refractivity contribution in [1.82, 2.24) is 30.7 Å². The number of rotatable bonds is 7. The number of aromatic nitrogens is 5. The molecule has 0 unspecified atom stereocenters. The lowest BCUT2D eigenvalue weighted by molar-refractivity contribution is 0.0946. The van der Waals surface area contributed by atoms with Crippen LogP contribution in [0.5, 0.6) is 5.75 Å². The molecule has 0 bridgehead atoms. The van der Waals surface area contributed by atoms with Gasteiger partial charge in [-0.15, -0.1) is 5.10 Å². The maximum Gasteiger partial charge on any atom is 0.292 e. The van der Waals surface area contributed by atoms with Gasteiger partial charge in [0.2, 0.25) is 11.6 Å². The fourth-order valence-corrected chi connectivity index (χ4v) is 2.91. The molecular weight excluding hydrogens is 412 g/mol. The molecule has 4 rings (SSSR count). The predicted molar refractivity (Wildman–Crippen MR) is 115 cm³/mol. The summed E-state index contributed by atoms with van der Waals surface area (Å²) in [6.07, 6.45) is 1.51. The quantitative estimate of drug-likeness (QED) is 0.334. The van der Waals surface area contributed by atoms with Crippen molar-refractivity contribution in [3.8, 4) is 11.6 Å². The van der Waals surface area contributed by atoms with Gasteiger partial charge in [-0.05, 0) is 65.1 Å². The van der Waals surface area contributed by atoms with Gasteiger partial charge < -0.3 is 10.5 Å². The standard InChI is InChI=1S/C21H20N8O3/c1-13-5-3-4-6-16(13)12-31-17-9-7-15(8-10-17)11-23-25-21(30)18-14(2)24-28-29(18)20-19(22)26-32-27-20/h3-11H,12H2,1-2H3,(H2,22,26)(H,25,30)/b23-11-. The molecule has 2 aromatic carbocycles. The Hall–Kier alpha value is -4.54. The van der Waals surface area contributed by atoms with Crippen LogP contribution in [0.2, 0.25) is 0 Å². The lowest BCUT2D eigenvalue weighted by atomic mass is 10.1. The maximum absolute atomic E-state index is 12.6. The van der Waals surface area contributed by atoms with E-state index in [1.165, 1.54) is 11.8 Å². The molecule has 0 aliphatic heterocycles. The van der Waals surface area contributed by atoms with Crippen molar-refractivity contribution in [1.29, 1.82) is 0 Å². The van der Waals surface area contributed by atoms with Crippen LogP contribution in [-0.2, 0) is 6.61 Å². The molecule has 4 aromatic rings. The molecule has 0 saturated carbocycles. The Morgan fingerprint density at radius 1 is 1.19 bits per heavy atom. The number of benzene rings is 2. The highest BCUT2D eigenvalue weighted by molar-refractivity contribution is 5.94. The van der Waals surface area contributed by atoms with Crippen LogP contribution in [-0.4, -0.2) is 37.4 Å². The van der Waals surface area contributed by atoms with Crippen LogP contribution in [0, 0.1) is 13.8 Å². The lowest BCUT2D eigenvalue weighted by Crippen LogP contribution is -2.22. The Bertz CT molecular complexity index is 1260. The predicted octanol–water partition coefficient (Wildman–Crippen LogP) is 2.19. The van der Waals surface area contributed by atoms with Gasteiger partial charge in [-0.1, -0.05) is 29.5 Å². The molecule has 2 aromatic heterocycles. The topological polar surface area (TPSA) is 146 Å². The molecule has 3 N–H and O–H groups in total. The molecule has 0 fully saturated rings. The SMILES string of the molecule is Cc1ccccc1COc1ccc(/C=N\NC(=O)c2c(C)nnn2-c2nonc2N)cc1. The van der Waals surface area contributed by atoms with Crippen LogP contribution in [0.15, 0.2) is 58.3 Å². The number of nitrogens with two attached hydrogens (primary N) is 1. The minimum absolute atomic E-state index is 0.0165. The highest BCUT2D eigenvalue weighted by Crippen LogP contribution is 2.16. The third kappa shape index (κ3) is 4.46. The van der Waals surface area contributed by atoms with Gasteiger partial charge in [0.25, 0.3) is 5.91 Å². The number of carbonyl (C=O) groups is 1. The van der Waals surface area contributed by atoms with E-state index in [9.17, 15) is 4.79 Å². The summed E-state index contributed by atoms with van der Waals surface area (Å²) in [7, 11) is 0. The van der Waals surface area contributed by atoms with E-state index in [1.807, 2.05) is 42.5 Å². The Balaban J connectivity index is 1.37. The first-order chi connectivity index (χ1) is 15.5. The van der Waals surface area contributed by atoms with E-state index in [0.29, 0.717) is 12.3 Å². The van der Waals surface area contributed by atoms with Crippen molar-refractivity contribution in [2.24, 2.45) is 5.10 Å². The van der Waals surface area contributed by atoms with Crippen molar-refractivity contribution in [2.45, 2.75) is 20.5 Å². The summed E-state index contributed by atoms with van der Waals surface area (Å²) in [5.41, 5.74) is 11.7. The van der Waals surface area contributed by atoms with Gasteiger partial charge in [-0.3, -0.25) is 4.79 Å². The Morgan fingerprint density at radius 3 is 2.69 bits per heavy atom. The molecular formula is C21H20N8O3. The summed E-state index contributed by atoms with van der Waals surface area (Å²) < 4.78 is 11.5. The van der Waals surface area contributed by atoms with E-state index in [2.05, 4.69) is 48.8 Å². The number of hydrogen-bond donors (Lipinski definition) is 2. The first-order valence-electron chi connectivity index (χ1n) is 9.64. The molecule has 162 valence electrons. The van der Waals surface area contributed by atoms with E-state index in [0.717, 1.165) is 21.6 Å². The van der Waals surface area contributed by atoms with E-state index in [-0.39, 0.29) is 17.3 Å². The Kier molecular flexibility index (Phi) is 5.88. The molecule has 0 atom stereocenters. The normalized spacial score (nSPS) is 11.1. The summed E-state index contributed by atoms with van der Waals surface area (Å²) in [4.78, 5) is 12.6. The third-order valence-electron chi connectivity index (χ3n) is 4.67. The lowest BCUT2D eigenvalue weighted by Gasteiger charge is -2.08. The molecule has 11 heteroatoms. The largest absolute Gasteiger partial charge is 0.489 e. The van der Waals surface area contributed by atoms with Crippen molar-refractivity contribution < 1.29 is 14.2 Å². The molecule has 32 heavy (non-hydrogen) atoms. The zero-order valence-electron chi connectivity index (χ0n) is 17.4. The third-order valence-corrected chi connectivity index (χ3v) is 4.67. The summed E-state index contributed by atoms with van der Waals surface area (Å²) in [6.45, 7) is 4.17. The molecule has 11 nitrogen and oxygen atoms in total. The van der Waals surface area contributed by atoms with E-state index < -0.39 is 5.91 Å². The minimum atomic E-state index is -0.538. The van der Waals surface area contributed by atoms with Gasteiger partial charge in [0.1, 0.15) is 12.4 Å². The number of carbonyl (C=O) groups excluding carboxylic acids is 1. The number of nitrogens with zero attached hydrogens (tertiary/aromatic N) is 6. The van der Waals surface area contributed by atoms with Crippen LogP contribution in [0.4, 0.5) is 5.82 Å². The second-order valence-electron chi connectivity index (χ2n) is 6.89. The number of hydrogen-bond acceptors (Lipinski definition) is 9. The number of ether oxygens (including phenoxy) is 1. The van der Waals surface area contributed by atoms with Crippen molar-refractivity contribution in [3.05, 3.63) is 76.6 Å². The van der Waals surface area contributed by atoms with Crippen LogP contribution >= 0.6 is 0 Å². The second-order valence-corrected chi connectivity index (χ2v) is 6.89. The molecule has 0 radical (unpaired) electrons. The van der Waals surface area contributed by atoms with Crippen LogP contribution in [0.1, 0.15) is 32.9 Å².